The van der Waals surface area contributed by atoms with Crippen molar-refractivity contribution in [3.63, 3.8) is 0 Å². The van der Waals surface area contributed by atoms with Gasteiger partial charge in [0.2, 0.25) is 0 Å². The van der Waals surface area contributed by atoms with Crippen molar-refractivity contribution in [1.29, 1.82) is 0 Å². The summed E-state index contributed by atoms with van der Waals surface area (Å²) < 4.78 is 4.91. The van der Waals surface area contributed by atoms with Crippen LogP contribution in [0.3, 0.4) is 0 Å². The Kier molecular flexibility index (Phi) is 6.09. The normalized spacial score (nSPS) is 12.3. The molecule has 0 spiro atoms. The zero-order valence-electron chi connectivity index (χ0n) is 12.5. The second-order valence-corrected chi connectivity index (χ2v) is 5.67. The van der Waals surface area contributed by atoms with E-state index in [9.17, 15) is 9.59 Å². The van der Waals surface area contributed by atoms with Gasteiger partial charge in [-0.1, -0.05) is 11.3 Å². The van der Waals surface area contributed by atoms with Gasteiger partial charge in [0.1, 0.15) is 4.88 Å². The number of ether oxygens (including phenoxy) is 1. The van der Waals surface area contributed by atoms with Crippen molar-refractivity contribution in [2.75, 3.05) is 32.6 Å². The maximum absolute atomic E-state index is 11.8. The number of thiazole rings is 1. The first-order chi connectivity index (χ1) is 9.36. The predicted octanol–water partition coefficient (Wildman–Crippen LogP) is 1.88. The number of nitrogens with one attached hydrogen (secondary N) is 1. The Balaban J connectivity index is 2.86. The van der Waals surface area contributed by atoms with Crippen molar-refractivity contribution in [3.05, 3.63) is 10.6 Å². The topological polar surface area (TPSA) is 71.5 Å². The van der Waals surface area contributed by atoms with Crippen LogP contribution in [0.5, 0.6) is 0 Å². The van der Waals surface area contributed by atoms with E-state index in [2.05, 4.69) is 22.1 Å². The number of carbonyl (C=O) groups is 2. The lowest BCUT2D eigenvalue weighted by Gasteiger charge is -2.19. The SMILES string of the molecule is CCOC(=O)c1nc(NCC(C)N(C)C)sc1C(C)=O. The fourth-order valence-corrected chi connectivity index (χ4v) is 2.24. The smallest absolute Gasteiger partial charge is 0.358 e. The van der Waals surface area contributed by atoms with Crippen molar-refractivity contribution in [2.24, 2.45) is 0 Å². The summed E-state index contributed by atoms with van der Waals surface area (Å²) in [6.07, 6.45) is 0. The molecule has 0 saturated heterocycles. The van der Waals surface area contributed by atoms with E-state index >= 15 is 0 Å². The van der Waals surface area contributed by atoms with Crippen LogP contribution in [0, 0.1) is 0 Å². The molecule has 0 aliphatic rings. The average Bonchev–Trinajstić information content (AvgIpc) is 2.80. The fourth-order valence-electron chi connectivity index (χ4n) is 1.39. The van der Waals surface area contributed by atoms with Gasteiger partial charge in [0.15, 0.2) is 16.6 Å². The fraction of sp³-hybridized carbons (Fsp3) is 0.615. The van der Waals surface area contributed by atoms with Crippen LogP contribution in [-0.2, 0) is 4.74 Å². The Labute approximate surface area is 123 Å². The number of anilines is 1. The highest BCUT2D eigenvalue weighted by Crippen LogP contribution is 2.24. The Bertz CT molecular complexity index is 485. The lowest BCUT2D eigenvalue weighted by atomic mass is 10.3. The molecule has 6 nitrogen and oxygen atoms in total. The molecule has 1 aromatic heterocycles. The number of likely N-dealkylation sites (N-methyl/N-ethyl adjacent to an activating group) is 1. The second-order valence-electron chi connectivity index (χ2n) is 4.67. The molecule has 0 amide bonds. The molecule has 20 heavy (non-hydrogen) atoms. The Morgan fingerprint density at radius 2 is 2.10 bits per heavy atom. The first kappa shape index (κ1) is 16.6. The van der Waals surface area contributed by atoms with Crippen molar-refractivity contribution >= 4 is 28.2 Å². The van der Waals surface area contributed by atoms with Crippen molar-refractivity contribution in [1.82, 2.24) is 9.88 Å². The van der Waals surface area contributed by atoms with Crippen LogP contribution in [0.15, 0.2) is 0 Å². The third-order valence-corrected chi connectivity index (χ3v) is 3.96. The van der Waals surface area contributed by atoms with Crippen LogP contribution in [0.1, 0.15) is 40.9 Å². The number of rotatable bonds is 7. The van der Waals surface area contributed by atoms with Gasteiger partial charge >= 0.3 is 5.97 Å². The zero-order chi connectivity index (χ0) is 15.3. The monoisotopic (exact) mass is 299 g/mol. The molecule has 1 aromatic rings. The summed E-state index contributed by atoms with van der Waals surface area (Å²) in [7, 11) is 3.97. The van der Waals surface area contributed by atoms with Crippen molar-refractivity contribution < 1.29 is 14.3 Å². The van der Waals surface area contributed by atoms with Crippen LogP contribution in [-0.4, -0.2) is 54.9 Å². The Morgan fingerprint density at radius 3 is 2.60 bits per heavy atom. The van der Waals surface area contributed by atoms with Crippen LogP contribution in [0.25, 0.3) is 0 Å². The van der Waals surface area contributed by atoms with E-state index in [1.807, 2.05) is 14.1 Å². The number of hydrogen-bond acceptors (Lipinski definition) is 7. The summed E-state index contributed by atoms with van der Waals surface area (Å²) in [5.41, 5.74) is 0.101. The molecule has 0 radical (unpaired) electrons. The van der Waals surface area contributed by atoms with Crippen LogP contribution in [0.4, 0.5) is 5.13 Å². The molecule has 0 saturated carbocycles. The van der Waals surface area contributed by atoms with Crippen LogP contribution in [0.2, 0.25) is 0 Å². The number of nitrogens with zero attached hydrogens (tertiary/aromatic N) is 2. The van der Waals surface area contributed by atoms with Gasteiger partial charge in [0.25, 0.3) is 0 Å². The minimum atomic E-state index is -0.553. The molecule has 0 aliphatic heterocycles. The molecule has 7 heteroatoms. The lowest BCUT2D eigenvalue weighted by molar-refractivity contribution is 0.0517. The van der Waals surface area contributed by atoms with E-state index in [-0.39, 0.29) is 18.1 Å². The number of aromatic nitrogens is 1. The third-order valence-electron chi connectivity index (χ3n) is 2.85. The van der Waals surface area contributed by atoms with E-state index in [0.717, 1.165) is 0 Å². The van der Waals surface area contributed by atoms with E-state index < -0.39 is 5.97 Å². The predicted molar refractivity (Wildman–Crippen MR) is 79.7 cm³/mol. The summed E-state index contributed by atoms with van der Waals surface area (Å²) in [5, 5.41) is 3.71. The summed E-state index contributed by atoms with van der Waals surface area (Å²) in [5.74, 6) is -0.734. The third kappa shape index (κ3) is 4.28. The molecule has 1 atom stereocenters. The van der Waals surface area contributed by atoms with Crippen molar-refractivity contribution in [3.8, 4) is 0 Å². The highest BCUT2D eigenvalue weighted by molar-refractivity contribution is 7.17. The number of esters is 1. The molecule has 1 rings (SSSR count). The molecule has 0 aliphatic carbocycles. The van der Waals surface area contributed by atoms with Gasteiger partial charge in [0.05, 0.1) is 6.61 Å². The zero-order valence-corrected chi connectivity index (χ0v) is 13.3. The minimum absolute atomic E-state index is 0.101. The Hall–Kier alpha value is -1.47. The average molecular weight is 299 g/mol. The van der Waals surface area contributed by atoms with E-state index in [1.165, 1.54) is 18.3 Å². The summed E-state index contributed by atoms with van der Waals surface area (Å²) >= 11 is 1.18. The van der Waals surface area contributed by atoms with Gasteiger partial charge in [-0.3, -0.25) is 4.79 Å². The van der Waals surface area contributed by atoms with E-state index in [0.29, 0.717) is 22.6 Å². The van der Waals surface area contributed by atoms with Crippen molar-refractivity contribution in [2.45, 2.75) is 26.8 Å². The maximum atomic E-state index is 11.8. The molecule has 0 aromatic carbocycles. The van der Waals surface area contributed by atoms with Gasteiger partial charge in [-0.05, 0) is 27.9 Å². The molecule has 0 bridgehead atoms. The maximum Gasteiger partial charge on any atom is 0.358 e. The molecule has 1 heterocycles. The lowest BCUT2D eigenvalue weighted by Crippen LogP contribution is -2.31. The molecular weight excluding hydrogens is 278 g/mol. The van der Waals surface area contributed by atoms with Gasteiger partial charge in [0, 0.05) is 19.5 Å². The highest BCUT2D eigenvalue weighted by atomic mass is 32.1. The van der Waals surface area contributed by atoms with Gasteiger partial charge < -0.3 is 15.0 Å². The summed E-state index contributed by atoms with van der Waals surface area (Å²) in [6.45, 7) is 6.14. The largest absolute Gasteiger partial charge is 0.461 e. The molecule has 0 fully saturated rings. The molecule has 112 valence electrons. The van der Waals surface area contributed by atoms with E-state index in [1.54, 1.807) is 6.92 Å². The quantitative estimate of drug-likeness (QED) is 0.612. The molecule has 1 unspecified atom stereocenters. The number of hydrogen-bond donors (Lipinski definition) is 1. The minimum Gasteiger partial charge on any atom is -0.461 e. The standard InChI is InChI=1S/C13H21N3O3S/c1-6-19-12(18)10-11(9(3)17)20-13(15-10)14-7-8(2)16(4)5/h8H,6-7H2,1-5H3,(H,14,15). The molecular formula is C13H21N3O3S. The van der Waals surface area contributed by atoms with Crippen LogP contribution < -0.4 is 5.32 Å². The first-order valence-electron chi connectivity index (χ1n) is 6.46. The Morgan fingerprint density at radius 1 is 1.45 bits per heavy atom. The number of ketones is 1. The van der Waals surface area contributed by atoms with Gasteiger partial charge in [-0.25, -0.2) is 9.78 Å². The summed E-state index contributed by atoms with van der Waals surface area (Å²) in [4.78, 5) is 29.9. The molecule has 1 N–H and O–H groups in total. The van der Waals surface area contributed by atoms with Gasteiger partial charge in [-0.2, -0.15) is 0 Å². The highest BCUT2D eigenvalue weighted by Gasteiger charge is 2.22. The van der Waals surface area contributed by atoms with E-state index in [4.69, 9.17) is 4.74 Å². The van der Waals surface area contributed by atoms with Crippen LogP contribution >= 0.6 is 11.3 Å². The second kappa shape index (κ2) is 7.35. The summed E-state index contributed by atoms with van der Waals surface area (Å²) in [6, 6.07) is 0.311. The van der Waals surface area contributed by atoms with Gasteiger partial charge in [-0.15, -0.1) is 0 Å². The number of Topliss-reactive ketones (excluding diaryl/α,β-unsaturated/α-hetero) is 1. The first-order valence-corrected chi connectivity index (χ1v) is 7.27. The number of carbonyl (C=O) groups excluding carboxylic acids is 2.